The van der Waals surface area contributed by atoms with Crippen molar-refractivity contribution in [2.24, 2.45) is 23.5 Å². The van der Waals surface area contributed by atoms with Gasteiger partial charge in [-0.1, -0.05) is 30.3 Å². The lowest BCUT2D eigenvalue weighted by Gasteiger charge is -2.28. The number of rotatable bonds is 3. The van der Waals surface area contributed by atoms with E-state index < -0.39 is 0 Å². The second kappa shape index (κ2) is 6.15. The van der Waals surface area contributed by atoms with Crippen molar-refractivity contribution >= 4 is 18.3 Å². The molecule has 20 heavy (non-hydrogen) atoms. The number of hydrogen-bond donors (Lipinski definition) is 2. The van der Waals surface area contributed by atoms with Gasteiger partial charge in [0.25, 0.3) is 0 Å². The van der Waals surface area contributed by atoms with Crippen molar-refractivity contribution in [3.63, 3.8) is 0 Å². The van der Waals surface area contributed by atoms with Gasteiger partial charge in [-0.15, -0.1) is 12.4 Å². The Morgan fingerprint density at radius 1 is 1.25 bits per heavy atom. The van der Waals surface area contributed by atoms with Crippen LogP contribution < -0.4 is 11.1 Å². The van der Waals surface area contributed by atoms with Gasteiger partial charge in [0.05, 0.1) is 12.0 Å². The molecule has 2 saturated carbocycles. The van der Waals surface area contributed by atoms with Gasteiger partial charge in [-0.2, -0.15) is 0 Å². The first-order chi connectivity index (χ1) is 9.16. The largest absolute Gasteiger partial charge is 0.349 e. The van der Waals surface area contributed by atoms with E-state index in [1.165, 1.54) is 12.8 Å². The quantitative estimate of drug-likeness (QED) is 0.900. The van der Waals surface area contributed by atoms with Gasteiger partial charge < -0.3 is 11.1 Å². The van der Waals surface area contributed by atoms with Crippen LogP contribution in [-0.4, -0.2) is 11.9 Å². The number of nitrogens with two attached hydrogens (primary N) is 1. The van der Waals surface area contributed by atoms with E-state index in [0.29, 0.717) is 11.8 Å². The Balaban J connectivity index is 0.00000147. The Bertz CT molecular complexity index is 463. The summed E-state index contributed by atoms with van der Waals surface area (Å²) >= 11 is 0. The molecule has 1 aromatic rings. The average Bonchev–Trinajstić information content (AvgIpc) is 3.00. The van der Waals surface area contributed by atoms with Crippen LogP contribution in [0.2, 0.25) is 0 Å². The second-order valence-electron chi connectivity index (χ2n) is 6.08. The summed E-state index contributed by atoms with van der Waals surface area (Å²) in [4.78, 5) is 12.4. The van der Waals surface area contributed by atoms with Crippen LogP contribution in [0.4, 0.5) is 0 Å². The summed E-state index contributed by atoms with van der Waals surface area (Å²) in [6, 6.07) is 10.2. The van der Waals surface area contributed by atoms with Crippen molar-refractivity contribution in [3.8, 4) is 0 Å². The van der Waals surface area contributed by atoms with E-state index in [1.54, 1.807) is 0 Å². The lowest BCUT2D eigenvalue weighted by atomic mass is 9.84. The van der Waals surface area contributed by atoms with Gasteiger partial charge in [0, 0.05) is 6.04 Å². The fourth-order valence-electron chi connectivity index (χ4n) is 3.86. The molecule has 4 unspecified atom stereocenters. The number of fused-ring (bicyclic) bond motifs is 2. The van der Waals surface area contributed by atoms with Crippen LogP contribution in [0.15, 0.2) is 30.3 Å². The lowest BCUT2D eigenvalue weighted by molar-refractivity contribution is -0.127. The highest BCUT2D eigenvalue weighted by Crippen LogP contribution is 2.47. The van der Waals surface area contributed by atoms with Crippen LogP contribution in [0.1, 0.15) is 37.8 Å². The first-order valence-corrected chi connectivity index (χ1v) is 7.27. The molecule has 2 aliphatic rings. The van der Waals surface area contributed by atoms with Gasteiger partial charge in [0.1, 0.15) is 0 Å². The number of carbonyl (C=O) groups excluding carboxylic acids is 1. The third kappa shape index (κ3) is 2.70. The lowest BCUT2D eigenvalue weighted by Crippen LogP contribution is -2.45. The average molecular weight is 295 g/mol. The van der Waals surface area contributed by atoms with Gasteiger partial charge in [0.2, 0.25) is 5.91 Å². The van der Waals surface area contributed by atoms with Crippen LogP contribution in [0.25, 0.3) is 0 Å². The minimum Gasteiger partial charge on any atom is -0.349 e. The molecule has 2 aliphatic carbocycles. The summed E-state index contributed by atoms with van der Waals surface area (Å²) in [6.45, 7) is 2.03. The Morgan fingerprint density at radius 2 is 1.90 bits per heavy atom. The van der Waals surface area contributed by atoms with Crippen molar-refractivity contribution in [2.75, 3.05) is 0 Å². The molecule has 4 heteroatoms. The topological polar surface area (TPSA) is 55.1 Å². The van der Waals surface area contributed by atoms with Crippen molar-refractivity contribution in [2.45, 2.75) is 38.3 Å². The molecular weight excluding hydrogens is 272 g/mol. The van der Waals surface area contributed by atoms with E-state index in [0.717, 1.165) is 12.0 Å². The maximum absolute atomic E-state index is 12.4. The molecule has 0 aromatic heterocycles. The smallest absolute Gasteiger partial charge is 0.225 e. The fourth-order valence-corrected chi connectivity index (χ4v) is 3.86. The summed E-state index contributed by atoms with van der Waals surface area (Å²) in [5.41, 5.74) is 7.36. The van der Waals surface area contributed by atoms with E-state index in [-0.39, 0.29) is 36.3 Å². The van der Waals surface area contributed by atoms with Gasteiger partial charge in [-0.3, -0.25) is 4.79 Å². The first kappa shape index (κ1) is 15.3. The molecule has 3 rings (SSSR count). The summed E-state index contributed by atoms with van der Waals surface area (Å²) < 4.78 is 0. The molecule has 110 valence electrons. The first-order valence-electron chi connectivity index (χ1n) is 7.27. The zero-order chi connectivity index (χ0) is 13.4. The van der Waals surface area contributed by atoms with E-state index in [2.05, 4.69) is 5.32 Å². The van der Waals surface area contributed by atoms with Crippen molar-refractivity contribution in [1.29, 1.82) is 0 Å². The molecule has 3 N–H and O–H groups in total. The number of carbonyl (C=O) groups is 1. The Labute approximate surface area is 126 Å². The molecule has 5 atom stereocenters. The van der Waals surface area contributed by atoms with Crippen molar-refractivity contribution < 1.29 is 4.79 Å². The highest BCUT2D eigenvalue weighted by Gasteiger charge is 2.49. The number of hydrogen-bond acceptors (Lipinski definition) is 2. The van der Waals surface area contributed by atoms with Crippen LogP contribution in [-0.2, 0) is 4.79 Å². The van der Waals surface area contributed by atoms with E-state index in [9.17, 15) is 4.79 Å². The Kier molecular flexibility index (Phi) is 4.71. The third-order valence-electron chi connectivity index (χ3n) is 4.94. The second-order valence-corrected chi connectivity index (χ2v) is 6.08. The maximum Gasteiger partial charge on any atom is 0.225 e. The van der Waals surface area contributed by atoms with E-state index in [1.807, 2.05) is 37.3 Å². The van der Waals surface area contributed by atoms with Gasteiger partial charge in [0.15, 0.2) is 0 Å². The molecule has 0 spiro atoms. The molecule has 1 amide bonds. The van der Waals surface area contributed by atoms with Gasteiger partial charge in [-0.05, 0) is 43.6 Å². The van der Waals surface area contributed by atoms with Crippen molar-refractivity contribution in [3.05, 3.63) is 35.9 Å². The number of benzene rings is 1. The number of amides is 1. The highest BCUT2D eigenvalue weighted by atomic mass is 35.5. The molecular formula is C16H23ClN2O. The zero-order valence-corrected chi connectivity index (χ0v) is 12.6. The molecule has 0 aliphatic heterocycles. The minimum atomic E-state index is 0. The molecule has 2 bridgehead atoms. The standard InChI is InChI=1S/C16H22N2O.ClH/c1-10(11-5-3-2-4-6-11)18-16(19)14-12-7-8-13(9-12)15(14)17;/h2-6,10,12-15H,7-9,17H2,1H3,(H,18,19);1H/t10-,12?,13?,14?,15?;/m1./s1. The Hall–Kier alpha value is -1.06. The molecule has 0 saturated heterocycles. The fraction of sp³-hybridized carbons (Fsp3) is 0.562. The summed E-state index contributed by atoms with van der Waals surface area (Å²) in [5.74, 6) is 1.27. The molecule has 3 nitrogen and oxygen atoms in total. The summed E-state index contributed by atoms with van der Waals surface area (Å²) in [5, 5.41) is 3.13. The van der Waals surface area contributed by atoms with Crippen LogP contribution in [0.3, 0.4) is 0 Å². The summed E-state index contributed by atoms with van der Waals surface area (Å²) in [7, 11) is 0. The van der Waals surface area contributed by atoms with Crippen LogP contribution in [0.5, 0.6) is 0 Å². The van der Waals surface area contributed by atoms with Gasteiger partial charge in [-0.25, -0.2) is 0 Å². The molecule has 1 aromatic carbocycles. The van der Waals surface area contributed by atoms with Crippen LogP contribution >= 0.6 is 12.4 Å². The maximum atomic E-state index is 12.4. The van der Waals surface area contributed by atoms with E-state index in [4.69, 9.17) is 5.73 Å². The van der Waals surface area contributed by atoms with E-state index >= 15 is 0 Å². The summed E-state index contributed by atoms with van der Waals surface area (Å²) in [6.07, 6.45) is 3.54. The molecule has 2 fully saturated rings. The predicted octanol–water partition coefficient (Wildman–Crippen LogP) is 2.66. The predicted molar refractivity (Wildman–Crippen MR) is 82.5 cm³/mol. The van der Waals surface area contributed by atoms with Crippen molar-refractivity contribution in [1.82, 2.24) is 5.32 Å². The monoisotopic (exact) mass is 294 g/mol. The molecule has 0 radical (unpaired) electrons. The minimum absolute atomic E-state index is 0. The SMILES string of the molecule is C[C@@H](NC(=O)C1C2CCC(C2)C1N)c1ccccc1.Cl. The Morgan fingerprint density at radius 3 is 2.50 bits per heavy atom. The molecule has 0 heterocycles. The highest BCUT2D eigenvalue weighted by molar-refractivity contribution is 5.85. The van der Waals surface area contributed by atoms with Crippen LogP contribution in [0, 0.1) is 17.8 Å². The number of nitrogens with one attached hydrogen (secondary N) is 1. The third-order valence-corrected chi connectivity index (χ3v) is 4.94. The normalized spacial score (nSPS) is 32.5. The van der Waals surface area contributed by atoms with Gasteiger partial charge >= 0.3 is 0 Å². The number of halogens is 1. The zero-order valence-electron chi connectivity index (χ0n) is 11.8.